The molecule has 0 spiro atoms. The van der Waals surface area contributed by atoms with Crippen LogP contribution in [0.15, 0.2) is 12.1 Å². The lowest BCUT2D eigenvalue weighted by atomic mass is 10.0. The molecule has 0 saturated heterocycles. The molecular weight excluding hydrogens is 285 g/mol. The molecule has 0 aliphatic heterocycles. The van der Waals surface area contributed by atoms with Crippen molar-refractivity contribution in [1.82, 2.24) is 0 Å². The number of rotatable bonds is 3. The maximum atomic E-state index is 13.0. The maximum absolute atomic E-state index is 13.0. The van der Waals surface area contributed by atoms with Crippen LogP contribution in [0.25, 0.3) is 0 Å². The Morgan fingerprint density at radius 1 is 1.27 bits per heavy atom. The molecular formula is C11H12BrClF2. The largest absolute Gasteiger partial charge is 0.204 e. The topological polar surface area (TPSA) is 0 Å². The zero-order chi connectivity index (χ0) is 11.6. The van der Waals surface area contributed by atoms with E-state index in [9.17, 15) is 8.78 Å². The van der Waals surface area contributed by atoms with Gasteiger partial charge in [0.1, 0.15) is 0 Å². The predicted molar refractivity (Wildman–Crippen MR) is 62.5 cm³/mol. The Morgan fingerprint density at radius 2 is 1.80 bits per heavy atom. The molecule has 0 N–H and O–H groups in total. The van der Waals surface area contributed by atoms with E-state index in [0.717, 1.165) is 18.6 Å². The van der Waals surface area contributed by atoms with Crippen molar-refractivity contribution in [2.24, 2.45) is 5.92 Å². The van der Waals surface area contributed by atoms with E-state index in [1.165, 1.54) is 0 Å². The fourth-order valence-corrected chi connectivity index (χ4v) is 2.86. The van der Waals surface area contributed by atoms with Crippen molar-refractivity contribution in [3.05, 3.63) is 34.4 Å². The molecule has 84 valence electrons. The van der Waals surface area contributed by atoms with Gasteiger partial charge in [0, 0.05) is 9.85 Å². The lowest BCUT2D eigenvalue weighted by Crippen LogP contribution is -1.99. The van der Waals surface area contributed by atoms with Crippen molar-refractivity contribution in [2.45, 2.75) is 25.1 Å². The standard InChI is InChI=1S/C11H12BrClF2/c1-6(2)3-8(12)7-4-10(14)11(15)5-9(7)13/h4-6,8H,3H2,1-2H3. The molecule has 0 aliphatic carbocycles. The lowest BCUT2D eigenvalue weighted by Gasteiger charge is -2.14. The van der Waals surface area contributed by atoms with Crippen LogP contribution in [-0.2, 0) is 0 Å². The van der Waals surface area contributed by atoms with Gasteiger partial charge < -0.3 is 0 Å². The van der Waals surface area contributed by atoms with Crippen LogP contribution < -0.4 is 0 Å². The van der Waals surface area contributed by atoms with Crippen molar-refractivity contribution in [3.8, 4) is 0 Å². The molecule has 4 heteroatoms. The normalized spacial score (nSPS) is 13.3. The van der Waals surface area contributed by atoms with E-state index in [4.69, 9.17) is 11.6 Å². The van der Waals surface area contributed by atoms with Crippen LogP contribution in [0, 0.1) is 17.6 Å². The van der Waals surface area contributed by atoms with E-state index >= 15 is 0 Å². The highest BCUT2D eigenvalue weighted by molar-refractivity contribution is 9.09. The Kier molecular flexibility index (Phi) is 4.53. The van der Waals surface area contributed by atoms with E-state index in [1.54, 1.807) is 0 Å². The quantitative estimate of drug-likeness (QED) is 0.538. The van der Waals surface area contributed by atoms with Crippen molar-refractivity contribution in [1.29, 1.82) is 0 Å². The fraction of sp³-hybridized carbons (Fsp3) is 0.455. The van der Waals surface area contributed by atoms with Gasteiger partial charge in [0.05, 0.1) is 0 Å². The summed E-state index contributed by atoms with van der Waals surface area (Å²) in [6, 6.07) is 2.17. The number of halogens is 4. The van der Waals surface area contributed by atoms with Gasteiger partial charge in [-0.15, -0.1) is 0 Å². The van der Waals surface area contributed by atoms with Gasteiger partial charge in [0.15, 0.2) is 11.6 Å². The van der Waals surface area contributed by atoms with Gasteiger partial charge in [0.2, 0.25) is 0 Å². The summed E-state index contributed by atoms with van der Waals surface area (Å²) in [6.07, 6.45) is 0.824. The van der Waals surface area contributed by atoms with Gasteiger partial charge in [-0.2, -0.15) is 0 Å². The summed E-state index contributed by atoms with van der Waals surface area (Å²) in [6.45, 7) is 4.12. The van der Waals surface area contributed by atoms with E-state index in [0.29, 0.717) is 11.5 Å². The van der Waals surface area contributed by atoms with Gasteiger partial charge in [0.25, 0.3) is 0 Å². The van der Waals surface area contributed by atoms with Crippen LogP contribution in [0.1, 0.15) is 30.7 Å². The summed E-state index contributed by atoms with van der Waals surface area (Å²) in [5.74, 6) is -1.31. The van der Waals surface area contributed by atoms with Crippen molar-refractivity contribution < 1.29 is 8.78 Å². The van der Waals surface area contributed by atoms with E-state index in [2.05, 4.69) is 29.8 Å². The second-order valence-electron chi connectivity index (χ2n) is 3.88. The summed E-state index contributed by atoms with van der Waals surface area (Å²) in [4.78, 5) is -0.0416. The summed E-state index contributed by atoms with van der Waals surface area (Å²) in [7, 11) is 0. The zero-order valence-corrected chi connectivity index (χ0v) is 10.9. The van der Waals surface area contributed by atoms with E-state index < -0.39 is 11.6 Å². The van der Waals surface area contributed by atoms with Gasteiger partial charge in [-0.3, -0.25) is 0 Å². The molecule has 15 heavy (non-hydrogen) atoms. The van der Waals surface area contributed by atoms with E-state index in [1.807, 2.05) is 0 Å². The smallest absolute Gasteiger partial charge is 0.160 e. The van der Waals surface area contributed by atoms with Gasteiger partial charge >= 0.3 is 0 Å². The van der Waals surface area contributed by atoms with Crippen LogP contribution in [0.2, 0.25) is 5.02 Å². The first-order valence-corrected chi connectivity index (χ1v) is 5.99. The monoisotopic (exact) mass is 296 g/mol. The van der Waals surface area contributed by atoms with Crippen LogP contribution in [-0.4, -0.2) is 0 Å². The Bertz CT molecular complexity index is 353. The summed E-state index contributed by atoms with van der Waals surface area (Å²) < 4.78 is 25.8. The predicted octanol–water partition coefficient (Wildman–Crippen LogP) is 5.10. The molecule has 0 fully saturated rings. The third-order valence-corrected chi connectivity index (χ3v) is 3.25. The SMILES string of the molecule is CC(C)CC(Br)c1cc(F)c(F)cc1Cl. The second-order valence-corrected chi connectivity index (χ2v) is 5.40. The molecule has 0 amide bonds. The highest BCUT2D eigenvalue weighted by atomic mass is 79.9. The Morgan fingerprint density at radius 3 is 2.33 bits per heavy atom. The Labute approximate surface area is 102 Å². The van der Waals surface area contributed by atoms with Crippen LogP contribution in [0.5, 0.6) is 0 Å². The molecule has 0 aliphatic rings. The minimum atomic E-state index is -0.909. The van der Waals surface area contributed by atoms with Crippen molar-refractivity contribution in [3.63, 3.8) is 0 Å². The number of hydrogen-bond acceptors (Lipinski definition) is 0. The zero-order valence-electron chi connectivity index (χ0n) is 8.53. The molecule has 1 unspecified atom stereocenters. The lowest BCUT2D eigenvalue weighted by molar-refractivity contribution is 0.505. The first kappa shape index (κ1) is 12.9. The minimum Gasteiger partial charge on any atom is -0.204 e. The molecule has 0 radical (unpaired) electrons. The second kappa shape index (κ2) is 5.26. The average Bonchev–Trinajstić information content (AvgIpc) is 2.09. The minimum absolute atomic E-state index is 0.0416. The Balaban J connectivity index is 2.98. The third-order valence-electron chi connectivity index (χ3n) is 2.06. The molecule has 0 nitrogen and oxygen atoms in total. The molecule has 0 heterocycles. The molecule has 1 atom stereocenters. The first-order valence-electron chi connectivity index (χ1n) is 4.70. The molecule has 0 aromatic heterocycles. The molecule has 0 bridgehead atoms. The fourth-order valence-electron chi connectivity index (χ4n) is 1.32. The third kappa shape index (κ3) is 3.42. The van der Waals surface area contributed by atoms with Crippen LogP contribution in [0.3, 0.4) is 0 Å². The summed E-state index contributed by atoms with van der Waals surface area (Å²) in [5.41, 5.74) is 0.601. The van der Waals surface area contributed by atoms with E-state index in [-0.39, 0.29) is 9.85 Å². The van der Waals surface area contributed by atoms with Crippen LogP contribution >= 0.6 is 27.5 Å². The number of benzene rings is 1. The molecule has 1 aromatic carbocycles. The average molecular weight is 298 g/mol. The van der Waals surface area contributed by atoms with Gasteiger partial charge in [-0.25, -0.2) is 8.78 Å². The number of hydrogen-bond donors (Lipinski definition) is 0. The molecule has 1 rings (SSSR count). The Hall–Kier alpha value is -0.150. The van der Waals surface area contributed by atoms with Gasteiger partial charge in [-0.1, -0.05) is 41.4 Å². The summed E-state index contributed by atoms with van der Waals surface area (Å²) >= 11 is 9.27. The maximum Gasteiger partial charge on any atom is 0.160 e. The van der Waals surface area contributed by atoms with Crippen LogP contribution in [0.4, 0.5) is 8.78 Å². The molecule has 1 aromatic rings. The highest BCUT2D eigenvalue weighted by Crippen LogP contribution is 2.35. The first-order chi connectivity index (χ1) is 6.91. The highest BCUT2D eigenvalue weighted by Gasteiger charge is 2.16. The summed E-state index contributed by atoms with van der Waals surface area (Å²) in [5, 5.41) is 0.261. The van der Waals surface area contributed by atoms with Crippen molar-refractivity contribution >= 4 is 27.5 Å². The van der Waals surface area contributed by atoms with Crippen molar-refractivity contribution in [2.75, 3.05) is 0 Å². The molecule has 0 saturated carbocycles. The number of alkyl halides is 1. The van der Waals surface area contributed by atoms with Gasteiger partial charge in [-0.05, 0) is 30.0 Å².